The zero-order chi connectivity index (χ0) is 11.7. The van der Waals surface area contributed by atoms with Crippen molar-refractivity contribution in [3.63, 3.8) is 0 Å². The number of hydrogen-bond acceptors (Lipinski definition) is 1. The topological polar surface area (TPSA) is 20.3 Å². The monoisotopic (exact) mass is 327 g/mol. The predicted octanol–water partition coefficient (Wildman–Crippen LogP) is 3.14. The molecule has 1 aromatic carbocycles. The third-order valence-corrected chi connectivity index (χ3v) is 4.15. The Bertz CT molecular complexity index is 442. The number of anilines is 1. The first kappa shape index (κ1) is 11.6. The van der Waals surface area contributed by atoms with Crippen LogP contribution in [0, 0.1) is 16.4 Å². The minimum absolute atomic E-state index is 0.200. The fourth-order valence-electron chi connectivity index (χ4n) is 1.94. The maximum atomic E-state index is 11.8. The number of nitrogens with zero attached hydrogens (tertiary/aromatic N) is 1. The molecule has 0 bridgehead atoms. The van der Waals surface area contributed by atoms with Crippen LogP contribution in [-0.4, -0.2) is 12.5 Å². The van der Waals surface area contributed by atoms with E-state index >= 15 is 0 Å². The third kappa shape index (κ3) is 2.14. The molecular formula is C13H14INO. The molecule has 1 unspecified atom stereocenters. The zero-order valence-electron chi connectivity index (χ0n) is 9.24. The maximum Gasteiger partial charge on any atom is 0.227 e. The van der Waals surface area contributed by atoms with Crippen molar-refractivity contribution in [3.05, 3.63) is 40.0 Å². The van der Waals surface area contributed by atoms with Crippen LogP contribution in [0.5, 0.6) is 0 Å². The molecule has 84 valence electrons. The van der Waals surface area contributed by atoms with E-state index in [1.165, 1.54) is 9.13 Å². The van der Waals surface area contributed by atoms with E-state index in [9.17, 15) is 4.79 Å². The number of amides is 1. The van der Waals surface area contributed by atoms with Crippen LogP contribution in [0.2, 0.25) is 0 Å². The molecule has 2 nitrogen and oxygen atoms in total. The second-order valence-electron chi connectivity index (χ2n) is 4.14. The maximum absolute atomic E-state index is 11.8. The van der Waals surface area contributed by atoms with Gasteiger partial charge in [-0.15, -0.1) is 6.58 Å². The average Bonchev–Trinajstić information content (AvgIpc) is 2.64. The van der Waals surface area contributed by atoms with Crippen molar-refractivity contribution < 1.29 is 4.79 Å². The first-order valence-electron chi connectivity index (χ1n) is 5.31. The van der Waals surface area contributed by atoms with Gasteiger partial charge in [0.05, 0.1) is 0 Å². The number of hydrogen-bond donors (Lipinski definition) is 0. The number of halogens is 1. The molecule has 1 saturated heterocycles. The summed E-state index contributed by atoms with van der Waals surface area (Å²) in [4.78, 5) is 13.7. The molecule has 0 aliphatic carbocycles. The molecule has 1 heterocycles. The zero-order valence-corrected chi connectivity index (χ0v) is 11.4. The normalized spacial score (nSPS) is 20.2. The molecule has 1 aliphatic heterocycles. The van der Waals surface area contributed by atoms with E-state index in [0.717, 1.165) is 12.2 Å². The summed E-state index contributed by atoms with van der Waals surface area (Å²) in [5, 5.41) is 0. The summed E-state index contributed by atoms with van der Waals surface area (Å²) in [5.74, 6) is 0.498. The molecule has 1 fully saturated rings. The fourth-order valence-corrected chi connectivity index (χ4v) is 2.27. The molecule has 1 aromatic rings. The van der Waals surface area contributed by atoms with E-state index in [1.54, 1.807) is 0 Å². The predicted molar refractivity (Wildman–Crippen MR) is 74.6 cm³/mol. The highest BCUT2D eigenvalue weighted by molar-refractivity contribution is 14.1. The molecule has 0 N–H and O–H groups in total. The summed E-state index contributed by atoms with van der Waals surface area (Å²) in [6, 6.07) is 6.14. The van der Waals surface area contributed by atoms with Gasteiger partial charge in [-0.1, -0.05) is 6.08 Å². The Labute approximate surface area is 109 Å². The van der Waals surface area contributed by atoms with Gasteiger partial charge in [0.15, 0.2) is 0 Å². The summed E-state index contributed by atoms with van der Waals surface area (Å²) >= 11 is 2.30. The van der Waals surface area contributed by atoms with E-state index in [2.05, 4.69) is 48.2 Å². The van der Waals surface area contributed by atoms with Gasteiger partial charge in [0.1, 0.15) is 0 Å². The van der Waals surface area contributed by atoms with Gasteiger partial charge in [-0.2, -0.15) is 0 Å². The van der Waals surface area contributed by atoms with E-state index in [-0.39, 0.29) is 5.91 Å². The smallest absolute Gasteiger partial charge is 0.227 e. The van der Waals surface area contributed by atoms with Gasteiger partial charge in [-0.25, -0.2) is 0 Å². The van der Waals surface area contributed by atoms with E-state index in [4.69, 9.17) is 0 Å². The summed E-state index contributed by atoms with van der Waals surface area (Å²) in [6.07, 6.45) is 2.46. The molecule has 1 amide bonds. The second-order valence-corrected chi connectivity index (χ2v) is 5.30. The standard InChI is InChI=1S/C13H14INO/c1-3-10-7-13(16)15(8-10)11-4-5-12(14)9(2)6-11/h3-6,10H,1,7-8H2,2H3. The molecule has 0 radical (unpaired) electrons. The number of aryl methyl sites for hydroxylation is 1. The Hall–Kier alpha value is -0.840. The van der Waals surface area contributed by atoms with Gasteiger partial charge in [-0.05, 0) is 53.3 Å². The van der Waals surface area contributed by atoms with E-state index in [1.807, 2.05) is 17.0 Å². The Morgan fingerprint density at radius 3 is 2.88 bits per heavy atom. The van der Waals surface area contributed by atoms with Crippen LogP contribution < -0.4 is 4.90 Å². The lowest BCUT2D eigenvalue weighted by atomic mass is 10.1. The van der Waals surface area contributed by atoms with Crippen LogP contribution in [0.25, 0.3) is 0 Å². The molecule has 1 aliphatic rings. The van der Waals surface area contributed by atoms with Gasteiger partial charge >= 0.3 is 0 Å². The SMILES string of the molecule is C=CC1CC(=O)N(c2ccc(I)c(C)c2)C1. The summed E-state index contributed by atoms with van der Waals surface area (Å²) in [5.41, 5.74) is 2.22. The van der Waals surface area contributed by atoms with Crippen molar-refractivity contribution in [1.29, 1.82) is 0 Å². The molecule has 3 heteroatoms. The van der Waals surface area contributed by atoms with Crippen LogP contribution in [0.15, 0.2) is 30.9 Å². The second kappa shape index (κ2) is 4.57. The Morgan fingerprint density at radius 2 is 2.31 bits per heavy atom. The quantitative estimate of drug-likeness (QED) is 0.604. The molecule has 16 heavy (non-hydrogen) atoms. The van der Waals surface area contributed by atoms with Crippen molar-refractivity contribution >= 4 is 34.2 Å². The van der Waals surface area contributed by atoms with Crippen molar-refractivity contribution in [2.24, 2.45) is 5.92 Å². The Morgan fingerprint density at radius 1 is 1.56 bits per heavy atom. The summed E-state index contributed by atoms with van der Waals surface area (Å²) in [6.45, 7) is 6.59. The van der Waals surface area contributed by atoms with E-state index < -0.39 is 0 Å². The molecule has 2 rings (SSSR count). The molecule has 1 atom stereocenters. The van der Waals surface area contributed by atoms with Crippen LogP contribution in [0.1, 0.15) is 12.0 Å². The number of carbonyl (C=O) groups excluding carboxylic acids is 1. The first-order valence-corrected chi connectivity index (χ1v) is 6.38. The highest BCUT2D eigenvalue weighted by atomic mass is 127. The summed E-state index contributed by atoms with van der Waals surface area (Å²) < 4.78 is 1.23. The van der Waals surface area contributed by atoms with Gasteiger partial charge in [0.2, 0.25) is 5.91 Å². The van der Waals surface area contributed by atoms with Crippen molar-refractivity contribution in [1.82, 2.24) is 0 Å². The number of carbonyl (C=O) groups is 1. The molecular weight excluding hydrogens is 313 g/mol. The minimum Gasteiger partial charge on any atom is -0.312 e. The lowest BCUT2D eigenvalue weighted by molar-refractivity contribution is -0.117. The number of benzene rings is 1. The lowest BCUT2D eigenvalue weighted by Gasteiger charge is -2.17. The molecule has 0 saturated carbocycles. The van der Waals surface area contributed by atoms with E-state index in [0.29, 0.717) is 12.3 Å². The minimum atomic E-state index is 0.200. The van der Waals surface area contributed by atoms with Crippen molar-refractivity contribution in [2.75, 3.05) is 11.4 Å². The highest BCUT2D eigenvalue weighted by Crippen LogP contribution is 2.27. The van der Waals surface area contributed by atoms with Gasteiger partial charge in [0.25, 0.3) is 0 Å². The van der Waals surface area contributed by atoms with Crippen LogP contribution in [0.4, 0.5) is 5.69 Å². The lowest BCUT2D eigenvalue weighted by Crippen LogP contribution is -2.24. The van der Waals surface area contributed by atoms with Gasteiger partial charge in [-0.3, -0.25) is 4.79 Å². The van der Waals surface area contributed by atoms with Crippen molar-refractivity contribution in [3.8, 4) is 0 Å². The average molecular weight is 327 g/mol. The van der Waals surface area contributed by atoms with Crippen LogP contribution >= 0.6 is 22.6 Å². The first-order chi connectivity index (χ1) is 7.61. The molecule has 0 spiro atoms. The van der Waals surface area contributed by atoms with Gasteiger partial charge < -0.3 is 4.90 Å². The fraction of sp³-hybridized carbons (Fsp3) is 0.308. The van der Waals surface area contributed by atoms with Crippen LogP contribution in [-0.2, 0) is 4.79 Å². The number of rotatable bonds is 2. The Kier molecular flexibility index (Phi) is 3.33. The molecule has 0 aromatic heterocycles. The largest absolute Gasteiger partial charge is 0.312 e. The highest BCUT2D eigenvalue weighted by Gasteiger charge is 2.28. The third-order valence-electron chi connectivity index (χ3n) is 2.94. The van der Waals surface area contributed by atoms with Crippen molar-refractivity contribution in [2.45, 2.75) is 13.3 Å². The Balaban J connectivity index is 2.27. The van der Waals surface area contributed by atoms with Gasteiger partial charge in [0, 0.05) is 28.1 Å². The van der Waals surface area contributed by atoms with Crippen LogP contribution in [0.3, 0.4) is 0 Å². The summed E-state index contributed by atoms with van der Waals surface area (Å²) in [7, 11) is 0.